The Morgan fingerprint density at radius 3 is 2.24 bits per heavy atom. The predicted molar refractivity (Wildman–Crippen MR) is 65.7 cm³/mol. The van der Waals surface area contributed by atoms with Crippen LogP contribution in [0.3, 0.4) is 0 Å². The van der Waals surface area contributed by atoms with Crippen LogP contribution in [0.15, 0.2) is 0 Å². The zero-order valence-corrected chi connectivity index (χ0v) is 11.2. The molecule has 100 valence electrons. The van der Waals surface area contributed by atoms with Gasteiger partial charge in [0.15, 0.2) is 0 Å². The zero-order chi connectivity index (χ0) is 12.5. The van der Waals surface area contributed by atoms with Crippen LogP contribution in [0.1, 0.15) is 32.6 Å². The van der Waals surface area contributed by atoms with Crippen LogP contribution in [0.4, 0.5) is 0 Å². The summed E-state index contributed by atoms with van der Waals surface area (Å²) in [6.07, 6.45) is 3.55. The maximum absolute atomic E-state index is 12.4. The number of hydrogen-bond donors (Lipinski definition) is 1. The molecule has 1 aliphatic carbocycles. The second-order valence-corrected chi connectivity index (χ2v) is 6.85. The third kappa shape index (κ3) is 2.81. The molecule has 0 aromatic carbocycles. The van der Waals surface area contributed by atoms with Gasteiger partial charge in [0.2, 0.25) is 0 Å². The Hall–Kier alpha value is -0.170. The molecule has 5 nitrogen and oxygen atoms in total. The third-order valence-corrected chi connectivity index (χ3v) is 5.89. The van der Waals surface area contributed by atoms with Gasteiger partial charge in [-0.15, -0.1) is 0 Å². The second-order valence-electron chi connectivity index (χ2n) is 4.97. The summed E-state index contributed by atoms with van der Waals surface area (Å²) < 4.78 is 28.0. The minimum absolute atomic E-state index is 0.175. The van der Waals surface area contributed by atoms with E-state index in [2.05, 4.69) is 0 Å². The highest BCUT2D eigenvalue weighted by Crippen LogP contribution is 2.31. The summed E-state index contributed by atoms with van der Waals surface area (Å²) in [7, 11) is -3.26. The van der Waals surface area contributed by atoms with E-state index in [1.807, 2.05) is 6.92 Å². The molecule has 1 saturated carbocycles. The van der Waals surface area contributed by atoms with Crippen LogP contribution in [0, 0.1) is 5.92 Å². The van der Waals surface area contributed by atoms with Crippen LogP contribution in [0.2, 0.25) is 0 Å². The van der Waals surface area contributed by atoms with Gasteiger partial charge in [0, 0.05) is 32.3 Å². The minimum Gasteiger partial charge on any atom is -0.396 e. The maximum atomic E-state index is 12.4. The molecule has 2 rings (SSSR count). The Morgan fingerprint density at radius 1 is 1.24 bits per heavy atom. The smallest absolute Gasteiger partial charge is 0.282 e. The number of nitrogens with zero attached hydrogens (tertiary/aromatic N) is 2. The van der Waals surface area contributed by atoms with Crippen molar-refractivity contribution in [1.29, 1.82) is 0 Å². The van der Waals surface area contributed by atoms with Crippen molar-refractivity contribution in [3.05, 3.63) is 0 Å². The molecule has 2 aliphatic rings. The highest BCUT2D eigenvalue weighted by molar-refractivity contribution is 7.86. The molecule has 2 fully saturated rings. The Labute approximate surface area is 104 Å². The molecule has 1 saturated heterocycles. The molecule has 0 unspecified atom stereocenters. The van der Waals surface area contributed by atoms with Crippen molar-refractivity contribution in [3.8, 4) is 0 Å². The van der Waals surface area contributed by atoms with Gasteiger partial charge in [0.25, 0.3) is 10.2 Å². The molecule has 6 heteroatoms. The van der Waals surface area contributed by atoms with Crippen molar-refractivity contribution >= 4 is 10.2 Å². The van der Waals surface area contributed by atoms with Gasteiger partial charge in [-0.05, 0) is 31.6 Å². The van der Waals surface area contributed by atoms with Gasteiger partial charge < -0.3 is 5.11 Å². The summed E-state index contributed by atoms with van der Waals surface area (Å²) in [5.74, 6) is 0.275. The van der Waals surface area contributed by atoms with E-state index in [0.29, 0.717) is 19.6 Å². The first-order valence-electron chi connectivity index (χ1n) is 6.47. The molecule has 0 radical (unpaired) electrons. The van der Waals surface area contributed by atoms with Crippen molar-refractivity contribution in [1.82, 2.24) is 8.61 Å². The molecule has 0 aromatic rings. The molecule has 1 heterocycles. The van der Waals surface area contributed by atoms with Crippen molar-refractivity contribution in [2.24, 2.45) is 5.92 Å². The van der Waals surface area contributed by atoms with Crippen LogP contribution in [-0.2, 0) is 10.2 Å². The van der Waals surface area contributed by atoms with Gasteiger partial charge in [-0.25, -0.2) is 0 Å². The van der Waals surface area contributed by atoms with Crippen molar-refractivity contribution < 1.29 is 13.5 Å². The molecule has 0 amide bonds. The Balaban J connectivity index is 2.00. The highest BCUT2D eigenvalue weighted by Gasteiger charge is 2.40. The summed E-state index contributed by atoms with van der Waals surface area (Å²) >= 11 is 0. The molecular weight excluding hydrogens is 240 g/mol. The first-order chi connectivity index (χ1) is 8.09. The second kappa shape index (κ2) is 5.22. The number of rotatable bonds is 5. The van der Waals surface area contributed by atoms with E-state index in [9.17, 15) is 8.42 Å². The zero-order valence-electron chi connectivity index (χ0n) is 10.4. The van der Waals surface area contributed by atoms with Crippen LogP contribution >= 0.6 is 0 Å². The van der Waals surface area contributed by atoms with Crippen molar-refractivity contribution in [2.45, 2.75) is 38.6 Å². The first kappa shape index (κ1) is 13.3. The molecule has 0 spiro atoms. The molecule has 1 N–H and O–H groups in total. The quantitative estimate of drug-likeness (QED) is 0.781. The fourth-order valence-corrected chi connectivity index (χ4v) is 4.33. The fourth-order valence-electron chi connectivity index (χ4n) is 2.44. The van der Waals surface area contributed by atoms with Gasteiger partial charge in [-0.3, -0.25) is 0 Å². The average molecular weight is 262 g/mol. The van der Waals surface area contributed by atoms with Crippen LogP contribution in [0.5, 0.6) is 0 Å². The summed E-state index contributed by atoms with van der Waals surface area (Å²) in [5.41, 5.74) is 0. The van der Waals surface area contributed by atoms with E-state index < -0.39 is 10.2 Å². The standard InChI is InChI=1S/C11H22N2O3S/c1-2-13(11-3-4-11)17(15,16)12-7-5-10(9-14)6-8-12/h10-11,14H,2-9H2,1H3. The fraction of sp³-hybridized carbons (Fsp3) is 1.00. The molecule has 17 heavy (non-hydrogen) atoms. The average Bonchev–Trinajstić information content (AvgIpc) is 3.14. The number of aliphatic hydroxyl groups is 1. The van der Waals surface area contributed by atoms with E-state index in [4.69, 9.17) is 5.11 Å². The molecule has 0 bridgehead atoms. The van der Waals surface area contributed by atoms with Gasteiger partial charge in [-0.1, -0.05) is 6.92 Å². The SMILES string of the molecule is CCN(C1CC1)S(=O)(=O)N1CCC(CO)CC1. The monoisotopic (exact) mass is 262 g/mol. The van der Waals surface area contributed by atoms with Gasteiger partial charge in [-0.2, -0.15) is 17.0 Å². The van der Waals surface area contributed by atoms with Gasteiger partial charge in [0.05, 0.1) is 0 Å². The largest absolute Gasteiger partial charge is 0.396 e. The minimum atomic E-state index is -3.26. The molecule has 0 aromatic heterocycles. The van der Waals surface area contributed by atoms with E-state index in [-0.39, 0.29) is 18.6 Å². The summed E-state index contributed by atoms with van der Waals surface area (Å²) in [5, 5.41) is 9.06. The summed E-state index contributed by atoms with van der Waals surface area (Å²) in [6.45, 7) is 3.74. The first-order valence-corrected chi connectivity index (χ1v) is 7.87. The van der Waals surface area contributed by atoms with Crippen LogP contribution in [-0.4, -0.2) is 54.4 Å². The lowest BCUT2D eigenvalue weighted by atomic mass is 10.00. The number of hydrogen-bond acceptors (Lipinski definition) is 3. The Kier molecular flexibility index (Phi) is 4.07. The third-order valence-electron chi connectivity index (χ3n) is 3.72. The van der Waals surface area contributed by atoms with Crippen molar-refractivity contribution in [3.63, 3.8) is 0 Å². The predicted octanol–water partition coefficient (Wildman–Crippen LogP) is 0.420. The molecule has 0 atom stereocenters. The van der Waals surface area contributed by atoms with Crippen LogP contribution in [0.25, 0.3) is 0 Å². The van der Waals surface area contributed by atoms with Gasteiger partial charge in [0.1, 0.15) is 0 Å². The lowest BCUT2D eigenvalue weighted by Crippen LogP contribution is -2.48. The van der Waals surface area contributed by atoms with Crippen LogP contribution < -0.4 is 0 Å². The maximum Gasteiger partial charge on any atom is 0.282 e. The number of aliphatic hydroxyl groups excluding tert-OH is 1. The lowest BCUT2D eigenvalue weighted by Gasteiger charge is -2.34. The lowest BCUT2D eigenvalue weighted by molar-refractivity contribution is 0.166. The molecule has 1 aliphatic heterocycles. The van der Waals surface area contributed by atoms with E-state index in [1.165, 1.54) is 0 Å². The van der Waals surface area contributed by atoms with Crippen molar-refractivity contribution in [2.75, 3.05) is 26.2 Å². The van der Waals surface area contributed by atoms with E-state index >= 15 is 0 Å². The molecular formula is C11H22N2O3S. The summed E-state index contributed by atoms with van der Waals surface area (Å²) in [6, 6.07) is 0.237. The number of piperidine rings is 1. The van der Waals surface area contributed by atoms with Gasteiger partial charge >= 0.3 is 0 Å². The normalized spacial score (nSPS) is 24.4. The highest BCUT2D eigenvalue weighted by atomic mass is 32.2. The van der Waals surface area contributed by atoms with E-state index in [1.54, 1.807) is 8.61 Å². The summed E-state index contributed by atoms with van der Waals surface area (Å²) in [4.78, 5) is 0. The van der Waals surface area contributed by atoms with E-state index in [0.717, 1.165) is 25.7 Å². The topological polar surface area (TPSA) is 60.9 Å². The Morgan fingerprint density at radius 2 is 1.82 bits per heavy atom. The Bertz CT molecular complexity index is 346.